The molecule has 3 N–H and O–H groups in total. The van der Waals surface area contributed by atoms with Crippen molar-refractivity contribution in [2.75, 3.05) is 19.6 Å². The minimum absolute atomic E-state index is 0.108. The fraction of sp³-hybridized carbons (Fsp3) is 0.538. The molecule has 0 saturated carbocycles. The molecule has 7 heteroatoms. The summed E-state index contributed by atoms with van der Waals surface area (Å²) in [4.78, 5) is 0.108. The Bertz CT molecular complexity index is 596. The summed E-state index contributed by atoms with van der Waals surface area (Å²) in [5.74, 6) is -0.461. The van der Waals surface area contributed by atoms with E-state index in [-0.39, 0.29) is 24.5 Å². The molecule has 1 aliphatic rings. The number of nitrogens with two attached hydrogens (primary N) is 1. The highest BCUT2D eigenvalue weighted by molar-refractivity contribution is 7.89. The Hall–Kier alpha value is -1.02. The Morgan fingerprint density at radius 1 is 1.40 bits per heavy atom. The van der Waals surface area contributed by atoms with Crippen molar-refractivity contribution in [3.05, 3.63) is 29.6 Å². The highest BCUT2D eigenvalue weighted by Crippen LogP contribution is 2.27. The van der Waals surface area contributed by atoms with Crippen LogP contribution in [0.4, 0.5) is 4.39 Å². The summed E-state index contributed by atoms with van der Waals surface area (Å²) < 4.78 is 39.4. The van der Waals surface area contributed by atoms with Gasteiger partial charge in [-0.15, -0.1) is 0 Å². The minimum atomic E-state index is -3.65. The van der Waals surface area contributed by atoms with E-state index in [0.29, 0.717) is 18.4 Å². The van der Waals surface area contributed by atoms with E-state index in [1.54, 1.807) is 6.92 Å². The summed E-state index contributed by atoms with van der Waals surface area (Å²) in [6, 6.07) is 3.62. The lowest BCUT2D eigenvalue weighted by Crippen LogP contribution is -2.50. The van der Waals surface area contributed by atoms with Gasteiger partial charge in [-0.25, -0.2) is 12.8 Å². The highest BCUT2D eigenvalue weighted by Gasteiger charge is 2.36. The molecule has 0 spiro atoms. The maximum atomic E-state index is 13.1. The van der Waals surface area contributed by atoms with E-state index in [1.807, 2.05) is 0 Å². The zero-order chi connectivity index (χ0) is 15.0. The van der Waals surface area contributed by atoms with Crippen molar-refractivity contribution in [1.82, 2.24) is 4.31 Å². The van der Waals surface area contributed by atoms with Crippen molar-refractivity contribution in [3.63, 3.8) is 0 Å². The molecule has 0 atom stereocenters. The van der Waals surface area contributed by atoms with E-state index in [4.69, 9.17) is 5.73 Å². The second kappa shape index (κ2) is 5.40. The lowest BCUT2D eigenvalue weighted by Gasteiger charge is -2.36. The molecule has 20 heavy (non-hydrogen) atoms. The van der Waals surface area contributed by atoms with E-state index in [1.165, 1.54) is 16.4 Å². The van der Waals surface area contributed by atoms with Gasteiger partial charge in [0.25, 0.3) is 0 Å². The van der Waals surface area contributed by atoms with Crippen LogP contribution in [-0.2, 0) is 10.0 Å². The van der Waals surface area contributed by atoms with Crippen molar-refractivity contribution in [2.24, 2.45) is 5.73 Å². The number of aryl methyl sites for hydroxylation is 1. The van der Waals surface area contributed by atoms with Gasteiger partial charge in [0, 0.05) is 19.6 Å². The van der Waals surface area contributed by atoms with E-state index in [2.05, 4.69) is 0 Å². The molecular weight excluding hydrogens is 283 g/mol. The second-order valence-electron chi connectivity index (χ2n) is 5.24. The summed E-state index contributed by atoms with van der Waals surface area (Å²) in [6.45, 7) is 2.12. The maximum Gasteiger partial charge on any atom is 0.243 e. The molecule has 2 rings (SSSR count). The van der Waals surface area contributed by atoms with Gasteiger partial charge in [-0.2, -0.15) is 4.31 Å². The fourth-order valence-corrected chi connectivity index (χ4v) is 4.04. The second-order valence-corrected chi connectivity index (χ2v) is 7.15. The van der Waals surface area contributed by atoms with Gasteiger partial charge < -0.3 is 10.8 Å². The number of sulfonamides is 1. The van der Waals surface area contributed by atoms with Gasteiger partial charge in [0.15, 0.2) is 0 Å². The molecule has 1 fully saturated rings. The summed E-state index contributed by atoms with van der Waals surface area (Å²) in [7, 11) is -3.65. The Balaban J connectivity index is 2.24. The minimum Gasteiger partial charge on any atom is -0.388 e. The fourth-order valence-electron chi connectivity index (χ4n) is 2.39. The highest BCUT2D eigenvalue weighted by atomic mass is 32.2. The van der Waals surface area contributed by atoms with Crippen molar-refractivity contribution in [1.29, 1.82) is 0 Å². The molecule has 0 unspecified atom stereocenters. The van der Waals surface area contributed by atoms with Crippen molar-refractivity contribution in [2.45, 2.75) is 30.3 Å². The molecule has 1 aromatic rings. The molecule has 1 saturated heterocycles. The first-order valence-electron chi connectivity index (χ1n) is 6.47. The van der Waals surface area contributed by atoms with Crippen LogP contribution < -0.4 is 5.73 Å². The topological polar surface area (TPSA) is 83.6 Å². The molecule has 0 bridgehead atoms. The monoisotopic (exact) mass is 302 g/mol. The molecule has 1 aliphatic heterocycles. The number of hydrogen-bond donors (Lipinski definition) is 2. The summed E-state index contributed by atoms with van der Waals surface area (Å²) in [5, 5.41) is 10.0. The first kappa shape index (κ1) is 15.4. The average Bonchev–Trinajstić information content (AvgIpc) is 2.39. The standard InChI is InChI=1S/C13H19FN2O3S/c1-10-8-11(14)2-3-12(10)20(18,19)16-6-4-13(17,9-15)5-7-16/h2-3,8,17H,4-7,9,15H2,1H3. The normalized spacial score (nSPS) is 20.0. The molecule has 112 valence electrons. The van der Waals surface area contributed by atoms with E-state index in [9.17, 15) is 17.9 Å². The smallest absolute Gasteiger partial charge is 0.243 e. The average molecular weight is 302 g/mol. The summed E-state index contributed by atoms with van der Waals surface area (Å²) >= 11 is 0. The number of halogens is 1. The first-order valence-corrected chi connectivity index (χ1v) is 7.91. The van der Waals surface area contributed by atoms with Crippen LogP contribution >= 0.6 is 0 Å². The van der Waals surface area contributed by atoms with Crippen LogP contribution in [0.1, 0.15) is 18.4 Å². The Morgan fingerprint density at radius 3 is 2.50 bits per heavy atom. The number of nitrogens with zero attached hydrogens (tertiary/aromatic N) is 1. The number of aliphatic hydroxyl groups is 1. The van der Waals surface area contributed by atoms with Crippen LogP contribution in [0.2, 0.25) is 0 Å². The lowest BCUT2D eigenvalue weighted by molar-refractivity contribution is 0.00344. The van der Waals surface area contributed by atoms with E-state index < -0.39 is 21.4 Å². The summed E-state index contributed by atoms with van der Waals surface area (Å²) in [5.41, 5.74) is 4.88. The van der Waals surface area contributed by atoms with Gasteiger partial charge in [-0.1, -0.05) is 0 Å². The van der Waals surface area contributed by atoms with Crippen LogP contribution in [0, 0.1) is 12.7 Å². The summed E-state index contributed by atoms with van der Waals surface area (Å²) in [6.07, 6.45) is 0.617. The molecule has 0 aromatic heterocycles. The van der Waals surface area contributed by atoms with Crippen molar-refractivity contribution < 1.29 is 17.9 Å². The zero-order valence-electron chi connectivity index (χ0n) is 11.3. The lowest BCUT2D eigenvalue weighted by atomic mass is 9.93. The quantitative estimate of drug-likeness (QED) is 0.857. The SMILES string of the molecule is Cc1cc(F)ccc1S(=O)(=O)N1CCC(O)(CN)CC1. The molecule has 1 heterocycles. The predicted octanol–water partition coefficient (Wildman–Crippen LogP) is 0.608. The molecule has 0 amide bonds. The van der Waals surface area contributed by atoms with Crippen LogP contribution in [0.3, 0.4) is 0 Å². The van der Waals surface area contributed by atoms with E-state index >= 15 is 0 Å². The maximum absolute atomic E-state index is 13.1. The Kier molecular flexibility index (Phi) is 4.15. The Labute approximate surface area is 118 Å². The third-order valence-electron chi connectivity index (χ3n) is 3.79. The van der Waals surface area contributed by atoms with Crippen LogP contribution in [0.15, 0.2) is 23.1 Å². The molecular formula is C13H19FN2O3S. The molecule has 1 aromatic carbocycles. The number of hydrogen-bond acceptors (Lipinski definition) is 4. The van der Waals surface area contributed by atoms with Crippen molar-refractivity contribution >= 4 is 10.0 Å². The first-order chi connectivity index (χ1) is 9.28. The zero-order valence-corrected chi connectivity index (χ0v) is 12.2. The molecule has 0 aliphatic carbocycles. The molecule has 0 radical (unpaired) electrons. The van der Waals surface area contributed by atoms with Crippen LogP contribution in [0.5, 0.6) is 0 Å². The van der Waals surface area contributed by atoms with Crippen molar-refractivity contribution in [3.8, 4) is 0 Å². The van der Waals surface area contributed by atoms with Gasteiger partial charge in [0.05, 0.1) is 10.5 Å². The van der Waals surface area contributed by atoms with Gasteiger partial charge >= 0.3 is 0 Å². The largest absolute Gasteiger partial charge is 0.388 e. The number of piperidine rings is 1. The number of benzene rings is 1. The van der Waals surface area contributed by atoms with Crippen LogP contribution in [-0.4, -0.2) is 43.1 Å². The van der Waals surface area contributed by atoms with Gasteiger partial charge in [-0.05, 0) is 43.5 Å². The van der Waals surface area contributed by atoms with Gasteiger partial charge in [0.1, 0.15) is 5.82 Å². The Morgan fingerprint density at radius 2 is 2.00 bits per heavy atom. The third-order valence-corrected chi connectivity index (χ3v) is 5.85. The van der Waals surface area contributed by atoms with Gasteiger partial charge in [0.2, 0.25) is 10.0 Å². The predicted molar refractivity (Wildman–Crippen MR) is 73.1 cm³/mol. The van der Waals surface area contributed by atoms with Gasteiger partial charge in [-0.3, -0.25) is 0 Å². The third kappa shape index (κ3) is 2.85. The number of rotatable bonds is 3. The van der Waals surface area contributed by atoms with E-state index in [0.717, 1.165) is 6.07 Å². The molecule has 5 nitrogen and oxygen atoms in total. The van der Waals surface area contributed by atoms with Crippen LogP contribution in [0.25, 0.3) is 0 Å².